The average Bonchev–Trinajstić information content (AvgIpc) is 2.68. The molecule has 17 heavy (non-hydrogen) atoms. The molecule has 0 spiro atoms. The normalized spacial score (nSPS) is 10.8. The van der Waals surface area contributed by atoms with E-state index in [2.05, 4.69) is 10.3 Å². The maximum absolute atomic E-state index is 12.8. The summed E-state index contributed by atoms with van der Waals surface area (Å²) < 4.78 is 26.7. The first-order valence-corrected chi connectivity index (χ1v) is 5.39. The topological polar surface area (TPSA) is 74.7 Å². The molecule has 0 saturated carbocycles. The largest absolute Gasteiger partial charge is 0.396 e. The molecule has 0 aromatic carbocycles. The summed E-state index contributed by atoms with van der Waals surface area (Å²) in [7, 11) is 0. The Hall–Kier alpha value is -1.55. The lowest BCUT2D eigenvalue weighted by molar-refractivity contribution is 0.137. The van der Waals surface area contributed by atoms with E-state index in [9.17, 15) is 8.78 Å². The fraction of sp³-hybridized carbons (Fsp3) is 0.700. The molecule has 0 amide bonds. The minimum absolute atomic E-state index is 0.0460. The Kier molecular flexibility index (Phi) is 5.49. The quantitative estimate of drug-likeness (QED) is 0.736. The van der Waals surface area contributed by atoms with Crippen LogP contribution in [0.2, 0.25) is 0 Å². The Labute approximate surface area is 97.7 Å². The summed E-state index contributed by atoms with van der Waals surface area (Å²) in [6.07, 6.45) is -0.798. The van der Waals surface area contributed by atoms with Crippen molar-refractivity contribution in [3.05, 3.63) is 11.4 Å². The van der Waals surface area contributed by atoms with Gasteiger partial charge in [0.15, 0.2) is 0 Å². The fourth-order valence-corrected chi connectivity index (χ4v) is 1.51. The maximum atomic E-state index is 12.8. The van der Waals surface area contributed by atoms with Gasteiger partial charge in [0.1, 0.15) is 11.4 Å². The molecule has 5 nitrogen and oxygen atoms in total. The van der Waals surface area contributed by atoms with Gasteiger partial charge < -0.3 is 5.11 Å². The molecule has 1 rings (SSSR count). The van der Waals surface area contributed by atoms with E-state index in [-0.39, 0.29) is 24.4 Å². The van der Waals surface area contributed by atoms with Gasteiger partial charge in [-0.25, -0.2) is 13.5 Å². The van der Waals surface area contributed by atoms with Gasteiger partial charge in [-0.2, -0.15) is 5.26 Å². The molecular weight excluding hydrogens is 230 g/mol. The zero-order valence-corrected chi connectivity index (χ0v) is 9.31. The summed E-state index contributed by atoms with van der Waals surface area (Å²) >= 11 is 0. The van der Waals surface area contributed by atoms with E-state index >= 15 is 0 Å². The highest BCUT2D eigenvalue weighted by atomic mass is 19.3. The van der Waals surface area contributed by atoms with Gasteiger partial charge >= 0.3 is 0 Å². The van der Waals surface area contributed by atoms with Gasteiger partial charge in [0, 0.05) is 13.2 Å². The van der Waals surface area contributed by atoms with Crippen molar-refractivity contribution in [3.8, 4) is 6.07 Å². The van der Waals surface area contributed by atoms with Crippen LogP contribution in [0, 0.1) is 11.3 Å². The molecule has 0 unspecified atom stereocenters. The van der Waals surface area contributed by atoms with Crippen molar-refractivity contribution in [2.75, 3.05) is 6.61 Å². The van der Waals surface area contributed by atoms with E-state index in [4.69, 9.17) is 10.4 Å². The summed E-state index contributed by atoms with van der Waals surface area (Å²) in [6.45, 7) is 0.427. The van der Waals surface area contributed by atoms with Crippen molar-refractivity contribution in [3.63, 3.8) is 0 Å². The molecule has 94 valence electrons. The van der Waals surface area contributed by atoms with E-state index < -0.39 is 6.43 Å². The number of hydrogen-bond acceptors (Lipinski definition) is 4. The molecule has 1 N–H and O–H groups in total. The van der Waals surface area contributed by atoms with Crippen LogP contribution in [0.3, 0.4) is 0 Å². The standard InChI is InChI=1S/C10H14F2N4O/c11-10(12)9-8(4-5-13)14-15-16(9)6-2-1-3-7-17/h10,17H,1-4,6-7H2. The first kappa shape index (κ1) is 13.5. The van der Waals surface area contributed by atoms with E-state index in [0.29, 0.717) is 19.4 Å². The molecule has 0 aliphatic carbocycles. The molecule has 0 saturated heterocycles. The van der Waals surface area contributed by atoms with Crippen LogP contribution in [0.5, 0.6) is 0 Å². The Morgan fingerprint density at radius 2 is 2.12 bits per heavy atom. The number of aryl methyl sites for hydroxylation is 1. The van der Waals surface area contributed by atoms with E-state index in [1.165, 1.54) is 0 Å². The molecule has 0 atom stereocenters. The number of rotatable bonds is 7. The summed E-state index contributed by atoms with van der Waals surface area (Å²) in [5, 5.41) is 24.3. The number of aliphatic hydroxyl groups is 1. The van der Waals surface area contributed by atoms with Crippen molar-refractivity contribution < 1.29 is 13.9 Å². The molecule has 7 heteroatoms. The minimum atomic E-state index is -2.67. The van der Waals surface area contributed by atoms with Crippen LogP contribution in [0.15, 0.2) is 0 Å². The Bertz CT molecular complexity index is 386. The summed E-state index contributed by atoms with van der Waals surface area (Å²) in [5.74, 6) is 0. The van der Waals surface area contributed by atoms with Crippen LogP contribution < -0.4 is 0 Å². The Morgan fingerprint density at radius 3 is 2.71 bits per heavy atom. The van der Waals surface area contributed by atoms with E-state index in [1.807, 2.05) is 0 Å². The molecule has 1 aromatic heterocycles. The van der Waals surface area contributed by atoms with Gasteiger partial charge in [0.2, 0.25) is 0 Å². The fourth-order valence-electron chi connectivity index (χ4n) is 1.51. The highest BCUT2D eigenvalue weighted by molar-refractivity contribution is 5.15. The summed E-state index contributed by atoms with van der Waals surface area (Å²) in [4.78, 5) is 0. The van der Waals surface area contributed by atoms with Crippen molar-refractivity contribution in [1.82, 2.24) is 15.0 Å². The summed E-state index contributed by atoms with van der Waals surface area (Å²) in [5.41, 5.74) is -0.222. The predicted octanol–water partition coefficient (Wildman–Crippen LogP) is 1.44. The van der Waals surface area contributed by atoms with E-state index in [0.717, 1.165) is 11.1 Å². The molecule has 0 aliphatic rings. The molecule has 0 radical (unpaired) electrons. The number of alkyl halides is 2. The second-order valence-electron chi connectivity index (χ2n) is 3.56. The van der Waals surface area contributed by atoms with Crippen molar-refractivity contribution in [2.24, 2.45) is 0 Å². The average molecular weight is 244 g/mol. The lowest BCUT2D eigenvalue weighted by Crippen LogP contribution is -2.07. The number of nitriles is 1. The predicted molar refractivity (Wildman–Crippen MR) is 55.2 cm³/mol. The Morgan fingerprint density at radius 1 is 1.35 bits per heavy atom. The second kappa shape index (κ2) is 6.91. The van der Waals surface area contributed by atoms with Crippen LogP contribution in [0.4, 0.5) is 8.78 Å². The smallest absolute Gasteiger partial charge is 0.281 e. The van der Waals surface area contributed by atoms with Crippen molar-refractivity contribution >= 4 is 0 Å². The van der Waals surface area contributed by atoms with Gasteiger partial charge in [0.25, 0.3) is 6.43 Å². The van der Waals surface area contributed by atoms with Gasteiger partial charge in [-0.1, -0.05) is 5.21 Å². The number of aromatic nitrogens is 3. The second-order valence-corrected chi connectivity index (χ2v) is 3.56. The molecule has 1 aromatic rings. The third-order valence-electron chi connectivity index (χ3n) is 2.33. The molecule has 0 aliphatic heterocycles. The molecule has 0 fully saturated rings. The third kappa shape index (κ3) is 3.75. The highest BCUT2D eigenvalue weighted by Gasteiger charge is 2.21. The first-order chi connectivity index (χ1) is 8.20. The highest BCUT2D eigenvalue weighted by Crippen LogP contribution is 2.22. The van der Waals surface area contributed by atoms with E-state index in [1.54, 1.807) is 6.07 Å². The SMILES string of the molecule is N#CCc1nnn(CCCCCO)c1C(F)F. The zero-order valence-electron chi connectivity index (χ0n) is 9.31. The van der Waals surface area contributed by atoms with Crippen LogP contribution >= 0.6 is 0 Å². The number of hydrogen-bond donors (Lipinski definition) is 1. The van der Waals surface area contributed by atoms with Crippen molar-refractivity contribution in [1.29, 1.82) is 5.26 Å². The minimum Gasteiger partial charge on any atom is -0.396 e. The van der Waals surface area contributed by atoms with Crippen LogP contribution in [-0.2, 0) is 13.0 Å². The zero-order chi connectivity index (χ0) is 12.7. The number of aliphatic hydroxyl groups excluding tert-OH is 1. The van der Waals surface area contributed by atoms with Crippen molar-refractivity contribution in [2.45, 2.75) is 38.7 Å². The van der Waals surface area contributed by atoms with Crippen LogP contribution in [0.25, 0.3) is 0 Å². The lowest BCUT2D eigenvalue weighted by atomic mass is 10.2. The molecule has 1 heterocycles. The summed E-state index contributed by atoms with van der Waals surface area (Å²) in [6, 6.07) is 1.79. The number of unbranched alkanes of at least 4 members (excludes halogenated alkanes) is 2. The molecular formula is C10H14F2N4O. The van der Waals surface area contributed by atoms with Crippen LogP contribution in [0.1, 0.15) is 37.1 Å². The number of halogens is 2. The Balaban J connectivity index is 2.68. The third-order valence-corrected chi connectivity index (χ3v) is 2.33. The monoisotopic (exact) mass is 244 g/mol. The number of nitrogens with zero attached hydrogens (tertiary/aromatic N) is 4. The van der Waals surface area contributed by atoms with Gasteiger partial charge in [-0.15, -0.1) is 5.10 Å². The van der Waals surface area contributed by atoms with Gasteiger partial charge in [-0.3, -0.25) is 0 Å². The molecule has 0 bridgehead atoms. The van der Waals surface area contributed by atoms with Crippen LogP contribution in [-0.4, -0.2) is 26.7 Å². The van der Waals surface area contributed by atoms with Gasteiger partial charge in [0.05, 0.1) is 12.5 Å². The maximum Gasteiger partial charge on any atom is 0.281 e. The van der Waals surface area contributed by atoms with Gasteiger partial charge in [-0.05, 0) is 19.3 Å². The lowest BCUT2D eigenvalue weighted by Gasteiger charge is -2.05. The first-order valence-electron chi connectivity index (χ1n) is 5.39.